The standard InChI is InChI=1S/C16H23N5O/c1-9(2)12-7-18-15(17)13-8-19-16(21-14(12)13)20-10-3-5-11(22)6-4-10/h7-11,22H,3-6H2,1-2H3,(H2,17,18)(H,19,20,21)/t10-,11-. The van der Waals surface area contributed by atoms with E-state index in [2.05, 4.69) is 34.1 Å². The van der Waals surface area contributed by atoms with Gasteiger partial charge in [0.1, 0.15) is 5.82 Å². The number of hydrogen-bond donors (Lipinski definition) is 3. The molecule has 0 atom stereocenters. The van der Waals surface area contributed by atoms with E-state index in [4.69, 9.17) is 5.73 Å². The number of fused-ring (bicyclic) bond motifs is 1. The predicted molar refractivity (Wildman–Crippen MR) is 87.7 cm³/mol. The molecule has 0 spiro atoms. The lowest BCUT2D eigenvalue weighted by Gasteiger charge is -2.26. The second-order valence-electron chi connectivity index (χ2n) is 6.36. The van der Waals surface area contributed by atoms with E-state index in [1.54, 1.807) is 12.4 Å². The first-order valence-corrected chi connectivity index (χ1v) is 7.90. The third-order valence-electron chi connectivity index (χ3n) is 4.33. The number of nitrogens with one attached hydrogen (secondary N) is 1. The fourth-order valence-electron chi connectivity index (χ4n) is 2.95. The van der Waals surface area contributed by atoms with Crippen molar-refractivity contribution in [1.29, 1.82) is 0 Å². The molecule has 6 nitrogen and oxygen atoms in total. The quantitative estimate of drug-likeness (QED) is 0.805. The highest BCUT2D eigenvalue weighted by molar-refractivity contribution is 5.90. The van der Waals surface area contributed by atoms with Crippen molar-refractivity contribution < 1.29 is 5.11 Å². The van der Waals surface area contributed by atoms with Crippen molar-refractivity contribution in [3.05, 3.63) is 18.0 Å². The maximum Gasteiger partial charge on any atom is 0.223 e. The average Bonchev–Trinajstić information content (AvgIpc) is 2.49. The van der Waals surface area contributed by atoms with Crippen molar-refractivity contribution in [2.45, 2.75) is 57.6 Å². The smallest absolute Gasteiger partial charge is 0.223 e. The van der Waals surface area contributed by atoms with Crippen LogP contribution in [-0.4, -0.2) is 32.2 Å². The van der Waals surface area contributed by atoms with Crippen LogP contribution in [0.5, 0.6) is 0 Å². The Morgan fingerprint density at radius 3 is 2.59 bits per heavy atom. The largest absolute Gasteiger partial charge is 0.393 e. The van der Waals surface area contributed by atoms with E-state index in [0.29, 0.717) is 23.7 Å². The Morgan fingerprint density at radius 2 is 1.91 bits per heavy atom. The number of nitrogens with two attached hydrogens (primary N) is 1. The van der Waals surface area contributed by atoms with Crippen molar-refractivity contribution in [3.63, 3.8) is 0 Å². The molecule has 2 aromatic heterocycles. The van der Waals surface area contributed by atoms with Crippen LogP contribution in [-0.2, 0) is 0 Å². The number of aliphatic hydroxyl groups is 1. The molecule has 0 saturated heterocycles. The summed E-state index contributed by atoms with van der Waals surface area (Å²) in [6.07, 6.45) is 6.94. The van der Waals surface area contributed by atoms with Gasteiger partial charge in [-0.25, -0.2) is 15.0 Å². The summed E-state index contributed by atoms with van der Waals surface area (Å²) in [5.41, 5.74) is 7.88. The van der Waals surface area contributed by atoms with E-state index in [1.165, 1.54) is 0 Å². The Morgan fingerprint density at radius 1 is 1.18 bits per heavy atom. The molecule has 0 amide bonds. The van der Waals surface area contributed by atoms with Crippen molar-refractivity contribution >= 4 is 22.7 Å². The number of pyridine rings is 1. The molecule has 3 rings (SSSR count). The van der Waals surface area contributed by atoms with Gasteiger partial charge in [0.15, 0.2) is 0 Å². The third kappa shape index (κ3) is 2.97. The van der Waals surface area contributed by atoms with Gasteiger partial charge >= 0.3 is 0 Å². The summed E-state index contributed by atoms with van der Waals surface area (Å²) in [6.45, 7) is 4.23. The second-order valence-corrected chi connectivity index (χ2v) is 6.36. The second kappa shape index (κ2) is 6.04. The minimum absolute atomic E-state index is 0.158. The number of rotatable bonds is 3. The number of nitrogens with zero attached hydrogens (tertiary/aromatic N) is 3. The summed E-state index contributed by atoms with van der Waals surface area (Å²) in [6, 6.07) is 0.322. The van der Waals surface area contributed by atoms with Gasteiger partial charge < -0.3 is 16.2 Å². The molecule has 0 bridgehead atoms. The summed E-state index contributed by atoms with van der Waals surface area (Å²) in [5, 5.41) is 13.8. The van der Waals surface area contributed by atoms with Crippen LogP contribution < -0.4 is 11.1 Å². The summed E-state index contributed by atoms with van der Waals surface area (Å²) in [7, 11) is 0. The zero-order valence-electron chi connectivity index (χ0n) is 13.1. The monoisotopic (exact) mass is 301 g/mol. The SMILES string of the molecule is CC(C)c1cnc(N)c2cnc(N[C@H]3CC[C@H](O)CC3)nc12. The number of nitrogen functional groups attached to an aromatic ring is 1. The highest BCUT2D eigenvalue weighted by Crippen LogP contribution is 2.27. The summed E-state index contributed by atoms with van der Waals surface area (Å²) in [4.78, 5) is 13.3. The highest BCUT2D eigenvalue weighted by atomic mass is 16.3. The molecule has 1 fully saturated rings. The molecule has 0 unspecified atom stereocenters. The number of anilines is 2. The van der Waals surface area contributed by atoms with E-state index < -0.39 is 0 Å². The Labute approximate surface area is 130 Å². The molecular formula is C16H23N5O. The molecule has 22 heavy (non-hydrogen) atoms. The van der Waals surface area contributed by atoms with Gasteiger partial charge in [0.2, 0.25) is 5.95 Å². The summed E-state index contributed by atoms with van der Waals surface area (Å²) < 4.78 is 0. The van der Waals surface area contributed by atoms with Gasteiger partial charge in [-0.05, 0) is 37.2 Å². The third-order valence-corrected chi connectivity index (χ3v) is 4.33. The Bertz CT molecular complexity index is 665. The maximum atomic E-state index is 9.58. The van der Waals surface area contributed by atoms with Crippen LogP contribution in [0.3, 0.4) is 0 Å². The lowest BCUT2D eigenvalue weighted by molar-refractivity contribution is 0.126. The van der Waals surface area contributed by atoms with Crippen molar-refractivity contribution in [2.24, 2.45) is 0 Å². The maximum absolute atomic E-state index is 9.58. The molecule has 2 heterocycles. The van der Waals surface area contributed by atoms with Crippen molar-refractivity contribution in [2.75, 3.05) is 11.1 Å². The van der Waals surface area contributed by atoms with E-state index in [1.807, 2.05) is 0 Å². The molecule has 1 saturated carbocycles. The molecule has 2 aromatic rings. The minimum atomic E-state index is -0.158. The van der Waals surface area contributed by atoms with Gasteiger partial charge in [0.25, 0.3) is 0 Å². The number of hydrogen-bond acceptors (Lipinski definition) is 6. The van der Waals surface area contributed by atoms with Gasteiger partial charge in [-0.1, -0.05) is 13.8 Å². The first kappa shape index (κ1) is 15.0. The Balaban J connectivity index is 1.90. The first-order valence-electron chi connectivity index (χ1n) is 7.90. The molecule has 118 valence electrons. The number of aromatic nitrogens is 3. The first-order chi connectivity index (χ1) is 10.5. The van der Waals surface area contributed by atoms with E-state index >= 15 is 0 Å². The Hall–Kier alpha value is -1.95. The molecule has 1 aliphatic carbocycles. The highest BCUT2D eigenvalue weighted by Gasteiger charge is 2.20. The molecule has 6 heteroatoms. The average molecular weight is 301 g/mol. The summed E-state index contributed by atoms with van der Waals surface area (Å²) in [5.74, 6) is 1.41. The van der Waals surface area contributed by atoms with E-state index in [-0.39, 0.29) is 6.10 Å². The lowest BCUT2D eigenvalue weighted by atomic mass is 9.93. The van der Waals surface area contributed by atoms with Crippen LogP contribution in [0.2, 0.25) is 0 Å². The van der Waals surface area contributed by atoms with Gasteiger partial charge in [0, 0.05) is 18.4 Å². The van der Waals surface area contributed by atoms with E-state index in [0.717, 1.165) is 42.1 Å². The zero-order chi connectivity index (χ0) is 15.7. The van der Waals surface area contributed by atoms with Crippen LogP contribution in [0.15, 0.2) is 12.4 Å². The summed E-state index contributed by atoms with van der Waals surface area (Å²) >= 11 is 0. The molecule has 0 aromatic carbocycles. The molecule has 0 aliphatic heterocycles. The molecule has 1 aliphatic rings. The number of aliphatic hydroxyl groups excluding tert-OH is 1. The molecular weight excluding hydrogens is 278 g/mol. The Kier molecular flexibility index (Phi) is 4.11. The van der Waals surface area contributed by atoms with E-state index in [9.17, 15) is 5.11 Å². The van der Waals surface area contributed by atoms with Crippen LogP contribution >= 0.6 is 0 Å². The lowest BCUT2D eigenvalue weighted by Crippen LogP contribution is -2.28. The van der Waals surface area contributed by atoms with Gasteiger partial charge in [0.05, 0.1) is 17.0 Å². The fraction of sp³-hybridized carbons (Fsp3) is 0.562. The van der Waals surface area contributed by atoms with Crippen LogP contribution in [0.4, 0.5) is 11.8 Å². The topological polar surface area (TPSA) is 97.0 Å². The molecule has 4 N–H and O–H groups in total. The minimum Gasteiger partial charge on any atom is -0.393 e. The van der Waals surface area contributed by atoms with Crippen molar-refractivity contribution in [3.8, 4) is 0 Å². The fourth-order valence-corrected chi connectivity index (χ4v) is 2.95. The zero-order valence-corrected chi connectivity index (χ0v) is 13.1. The van der Waals surface area contributed by atoms with Crippen LogP contribution in [0, 0.1) is 0 Å². The molecule has 0 radical (unpaired) electrons. The van der Waals surface area contributed by atoms with Crippen LogP contribution in [0.1, 0.15) is 51.0 Å². The predicted octanol–water partition coefficient (Wildman–Crippen LogP) is 2.45. The van der Waals surface area contributed by atoms with Gasteiger partial charge in [-0.3, -0.25) is 0 Å². The van der Waals surface area contributed by atoms with Crippen LogP contribution in [0.25, 0.3) is 10.9 Å². The van der Waals surface area contributed by atoms with Gasteiger partial charge in [-0.2, -0.15) is 0 Å². The van der Waals surface area contributed by atoms with Gasteiger partial charge in [-0.15, -0.1) is 0 Å². The van der Waals surface area contributed by atoms with Crippen molar-refractivity contribution in [1.82, 2.24) is 15.0 Å². The normalized spacial score (nSPS) is 22.2.